The van der Waals surface area contributed by atoms with Crippen molar-refractivity contribution in [1.29, 1.82) is 0 Å². The molecule has 0 aromatic rings. The van der Waals surface area contributed by atoms with Crippen LogP contribution in [0.1, 0.15) is 39.5 Å². The van der Waals surface area contributed by atoms with Crippen molar-refractivity contribution in [2.45, 2.75) is 39.5 Å². The van der Waals surface area contributed by atoms with Gasteiger partial charge in [-0.15, -0.1) is 0 Å². The summed E-state index contributed by atoms with van der Waals surface area (Å²) < 4.78 is 0. The van der Waals surface area contributed by atoms with Gasteiger partial charge in [-0.1, -0.05) is 13.8 Å². The van der Waals surface area contributed by atoms with Gasteiger partial charge in [0.2, 0.25) is 5.91 Å². The second kappa shape index (κ2) is 4.48. The highest BCUT2D eigenvalue weighted by molar-refractivity contribution is 5.75. The van der Waals surface area contributed by atoms with Crippen LogP contribution in [0.25, 0.3) is 0 Å². The molecule has 1 aliphatic rings. The van der Waals surface area contributed by atoms with E-state index in [2.05, 4.69) is 19.2 Å². The van der Waals surface area contributed by atoms with Gasteiger partial charge in [-0.25, -0.2) is 0 Å². The van der Waals surface area contributed by atoms with Gasteiger partial charge < -0.3 is 5.32 Å². The molecular formula is C10H19NO. The van der Waals surface area contributed by atoms with Gasteiger partial charge >= 0.3 is 0 Å². The van der Waals surface area contributed by atoms with Gasteiger partial charge in [0.25, 0.3) is 0 Å². The van der Waals surface area contributed by atoms with Gasteiger partial charge in [0, 0.05) is 13.0 Å². The van der Waals surface area contributed by atoms with Crippen molar-refractivity contribution in [3.05, 3.63) is 0 Å². The Hall–Kier alpha value is -0.530. The van der Waals surface area contributed by atoms with Gasteiger partial charge in [-0.3, -0.25) is 4.79 Å². The molecule has 1 aliphatic heterocycles. The quantitative estimate of drug-likeness (QED) is 0.590. The van der Waals surface area contributed by atoms with Crippen LogP contribution in [-0.2, 0) is 4.79 Å². The van der Waals surface area contributed by atoms with Crippen LogP contribution in [0.4, 0.5) is 0 Å². The zero-order valence-electron chi connectivity index (χ0n) is 8.10. The summed E-state index contributed by atoms with van der Waals surface area (Å²) in [5, 5.41) is 2.93. The first-order valence-corrected chi connectivity index (χ1v) is 4.97. The maximum Gasteiger partial charge on any atom is 0.220 e. The maximum absolute atomic E-state index is 11.1. The molecule has 1 N–H and O–H groups in total. The van der Waals surface area contributed by atoms with Gasteiger partial charge in [0.1, 0.15) is 0 Å². The number of carbonyl (C=O) groups excluding carboxylic acids is 1. The molecule has 1 heterocycles. The SMILES string of the molecule is CC1CCCNC(=O)CCC1C. The Morgan fingerprint density at radius 2 is 1.92 bits per heavy atom. The first-order valence-electron chi connectivity index (χ1n) is 4.97. The summed E-state index contributed by atoms with van der Waals surface area (Å²) in [6.07, 6.45) is 4.15. The van der Waals surface area contributed by atoms with Crippen molar-refractivity contribution >= 4 is 5.91 Å². The summed E-state index contributed by atoms with van der Waals surface area (Å²) in [7, 11) is 0. The van der Waals surface area contributed by atoms with E-state index in [9.17, 15) is 4.79 Å². The van der Waals surface area contributed by atoms with Crippen LogP contribution in [0.2, 0.25) is 0 Å². The zero-order chi connectivity index (χ0) is 8.97. The third kappa shape index (κ3) is 2.84. The minimum atomic E-state index is 0.232. The second-order valence-electron chi connectivity index (χ2n) is 3.99. The lowest BCUT2D eigenvalue weighted by atomic mass is 9.88. The van der Waals surface area contributed by atoms with E-state index >= 15 is 0 Å². The van der Waals surface area contributed by atoms with E-state index in [1.807, 2.05) is 0 Å². The summed E-state index contributed by atoms with van der Waals surface area (Å²) >= 11 is 0. The van der Waals surface area contributed by atoms with Crippen LogP contribution < -0.4 is 5.32 Å². The molecule has 70 valence electrons. The van der Waals surface area contributed by atoms with E-state index in [1.54, 1.807) is 0 Å². The van der Waals surface area contributed by atoms with Crippen molar-refractivity contribution in [3.63, 3.8) is 0 Å². The summed E-state index contributed by atoms with van der Waals surface area (Å²) in [6.45, 7) is 5.42. The highest BCUT2D eigenvalue weighted by Crippen LogP contribution is 2.22. The molecule has 0 spiro atoms. The molecule has 0 radical (unpaired) electrons. The Labute approximate surface area is 74.7 Å². The molecule has 0 aromatic carbocycles. The average Bonchev–Trinajstić information content (AvgIpc) is 2.11. The standard InChI is InChI=1S/C10H19NO/c1-8-4-3-7-11-10(12)6-5-9(8)2/h8-9H,3-7H2,1-2H3,(H,11,12). The molecule has 1 fully saturated rings. The molecule has 0 bridgehead atoms. The van der Waals surface area contributed by atoms with E-state index in [4.69, 9.17) is 0 Å². The van der Waals surface area contributed by atoms with E-state index < -0.39 is 0 Å². The number of hydrogen-bond acceptors (Lipinski definition) is 1. The lowest BCUT2D eigenvalue weighted by molar-refractivity contribution is -0.121. The first-order chi connectivity index (χ1) is 5.70. The van der Waals surface area contributed by atoms with Crippen LogP contribution >= 0.6 is 0 Å². The fourth-order valence-electron chi connectivity index (χ4n) is 1.67. The van der Waals surface area contributed by atoms with Crippen molar-refractivity contribution in [1.82, 2.24) is 5.32 Å². The lowest BCUT2D eigenvalue weighted by Crippen LogP contribution is -2.23. The Kier molecular flexibility index (Phi) is 3.57. The molecule has 2 unspecified atom stereocenters. The largest absolute Gasteiger partial charge is 0.356 e. The highest BCUT2D eigenvalue weighted by Gasteiger charge is 2.15. The van der Waals surface area contributed by atoms with Crippen LogP contribution in [0, 0.1) is 11.8 Å². The summed E-state index contributed by atoms with van der Waals surface area (Å²) in [6, 6.07) is 0. The highest BCUT2D eigenvalue weighted by atomic mass is 16.1. The molecule has 1 saturated heterocycles. The Morgan fingerprint density at radius 1 is 1.25 bits per heavy atom. The summed E-state index contributed by atoms with van der Waals surface area (Å²) in [5.74, 6) is 1.71. The smallest absolute Gasteiger partial charge is 0.220 e. The molecule has 1 amide bonds. The minimum absolute atomic E-state index is 0.232. The Balaban J connectivity index is 2.43. The normalized spacial score (nSPS) is 33.0. The van der Waals surface area contributed by atoms with Gasteiger partial charge in [0.15, 0.2) is 0 Å². The van der Waals surface area contributed by atoms with Crippen LogP contribution in [0.15, 0.2) is 0 Å². The van der Waals surface area contributed by atoms with Crippen LogP contribution in [0.3, 0.4) is 0 Å². The van der Waals surface area contributed by atoms with Gasteiger partial charge in [-0.05, 0) is 31.1 Å². The van der Waals surface area contributed by atoms with E-state index in [0.29, 0.717) is 12.3 Å². The second-order valence-corrected chi connectivity index (χ2v) is 3.99. The molecule has 2 atom stereocenters. The topological polar surface area (TPSA) is 29.1 Å². The van der Waals surface area contributed by atoms with Gasteiger partial charge in [-0.2, -0.15) is 0 Å². The van der Waals surface area contributed by atoms with Crippen LogP contribution in [-0.4, -0.2) is 12.5 Å². The number of hydrogen-bond donors (Lipinski definition) is 1. The van der Waals surface area contributed by atoms with E-state index in [0.717, 1.165) is 25.3 Å². The fourth-order valence-corrected chi connectivity index (χ4v) is 1.67. The van der Waals surface area contributed by atoms with E-state index in [-0.39, 0.29) is 5.91 Å². The predicted molar refractivity (Wildman–Crippen MR) is 49.8 cm³/mol. The predicted octanol–water partition coefficient (Wildman–Crippen LogP) is 1.95. The van der Waals surface area contributed by atoms with Crippen molar-refractivity contribution in [2.75, 3.05) is 6.54 Å². The number of nitrogens with one attached hydrogen (secondary N) is 1. The lowest BCUT2D eigenvalue weighted by Gasteiger charge is -2.17. The molecular weight excluding hydrogens is 150 g/mol. The molecule has 0 aliphatic carbocycles. The van der Waals surface area contributed by atoms with Crippen molar-refractivity contribution < 1.29 is 4.79 Å². The Bertz CT molecular complexity index is 156. The monoisotopic (exact) mass is 169 g/mol. The molecule has 2 nitrogen and oxygen atoms in total. The minimum Gasteiger partial charge on any atom is -0.356 e. The third-order valence-electron chi connectivity index (χ3n) is 2.96. The third-order valence-corrected chi connectivity index (χ3v) is 2.96. The van der Waals surface area contributed by atoms with Crippen LogP contribution in [0.5, 0.6) is 0 Å². The summed E-state index contributed by atoms with van der Waals surface area (Å²) in [5.41, 5.74) is 0. The fraction of sp³-hybridized carbons (Fsp3) is 0.900. The van der Waals surface area contributed by atoms with Crippen molar-refractivity contribution in [2.24, 2.45) is 11.8 Å². The molecule has 1 rings (SSSR count). The molecule has 0 aromatic heterocycles. The Morgan fingerprint density at radius 3 is 2.67 bits per heavy atom. The van der Waals surface area contributed by atoms with Gasteiger partial charge in [0.05, 0.1) is 0 Å². The average molecular weight is 169 g/mol. The zero-order valence-corrected chi connectivity index (χ0v) is 8.10. The molecule has 12 heavy (non-hydrogen) atoms. The maximum atomic E-state index is 11.1. The molecule has 0 saturated carbocycles. The number of rotatable bonds is 0. The first kappa shape index (κ1) is 9.56. The van der Waals surface area contributed by atoms with Crippen molar-refractivity contribution in [3.8, 4) is 0 Å². The number of carbonyl (C=O) groups is 1. The molecule has 2 heteroatoms. The summed E-state index contributed by atoms with van der Waals surface area (Å²) in [4.78, 5) is 11.1. The number of amides is 1. The van der Waals surface area contributed by atoms with E-state index in [1.165, 1.54) is 6.42 Å².